The van der Waals surface area contributed by atoms with Crippen LogP contribution >= 0.6 is 0 Å². The Labute approximate surface area is 98.5 Å². The van der Waals surface area contributed by atoms with Gasteiger partial charge in [0.1, 0.15) is 0 Å². The Kier molecular flexibility index (Phi) is 3.30. The van der Waals surface area contributed by atoms with Gasteiger partial charge in [-0.05, 0) is 6.08 Å². The highest BCUT2D eigenvalue weighted by atomic mass is 16.6. The molecule has 0 saturated carbocycles. The van der Waals surface area contributed by atoms with E-state index in [0.717, 1.165) is 0 Å². The standard InChI is InChI=1S/C12H12N2O3/c15-11-5-3-7-13(9-11)8-10-4-1-2-6-12(10)14(16)17/h1-6H,7-9H2. The minimum atomic E-state index is -0.392. The molecule has 0 radical (unpaired) electrons. The van der Waals surface area contributed by atoms with Crippen LogP contribution in [0.5, 0.6) is 0 Å². The van der Waals surface area contributed by atoms with Crippen LogP contribution in [0.2, 0.25) is 0 Å². The maximum Gasteiger partial charge on any atom is 0.273 e. The molecule has 1 heterocycles. The van der Waals surface area contributed by atoms with Crippen molar-refractivity contribution in [2.45, 2.75) is 6.54 Å². The van der Waals surface area contributed by atoms with Gasteiger partial charge in [-0.3, -0.25) is 19.8 Å². The first kappa shape index (κ1) is 11.5. The van der Waals surface area contributed by atoms with Gasteiger partial charge in [-0.1, -0.05) is 24.3 Å². The Bertz CT molecular complexity index is 482. The molecule has 0 N–H and O–H groups in total. The van der Waals surface area contributed by atoms with Gasteiger partial charge in [-0.2, -0.15) is 0 Å². The van der Waals surface area contributed by atoms with Gasteiger partial charge in [0.25, 0.3) is 5.69 Å². The smallest absolute Gasteiger partial charge is 0.273 e. The molecule has 2 rings (SSSR count). The van der Waals surface area contributed by atoms with Crippen LogP contribution in [0.3, 0.4) is 0 Å². The molecular weight excluding hydrogens is 220 g/mol. The highest BCUT2D eigenvalue weighted by Gasteiger charge is 2.17. The summed E-state index contributed by atoms with van der Waals surface area (Å²) in [6, 6.07) is 6.62. The predicted molar refractivity (Wildman–Crippen MR) is 62.5 cm³/mol. The molecule has 0 bridgehead atoms. The van der Waals surface area contributed by atoms with Gasteiger partial charge in [-0.15, -0.1) is 0 Å². The van der Waals surface area contributed by atoms with Crippen LogP contribution in [-0.2, 0) is 11.3 Å². The van der Waals surface area contributed by atoms with E-state index >= 15 is 0 Å². The summed E-state index contributed by atoms with van der Waals surface area (Å²) >= 11 is 0. The molecular formula is C12H12N2O3. The first-order valence-corrected chi connectivity index (χ1v) is 5.31. The number of nitrogens with zero attached hydrogens (tertiary/aromatic N) is 2. The molecule has 0 spiro atoms. The van der Waals surface area contributed by atoms with E-state index < -0.39 is 4.92 Å². The molecule has 1 aromatic rings. The number of para-hydroxylation sites is 1. The van der Waals surface area contributed by atoms with Crippen LogP contribution in [0.25, 0.3) is 0 Å². The Hall–Kier alpha value is -2.01. The van der Waals surface area contributed by atoms with Crippen molar-refractivity contribution in [2.75, 3.05) is 13.1 Å². The van der Waals surface area contributed by atoms with E-state index in [-0.39, 0.29) is 11.5 Å². The lowest BCUT2D eigenvalue weighted by Gasteiger charge is -2.21. The lowest BCUT2D eigenvalue weighted by atomic mass is 10.1. The summed E-state index contributed by atoms with van der Waals surface area (Å²) in [6.45, 7) is 1.40. The van der Waals surface area contributed by atoms with Crippen molar-refractivity contribution in [3.05, 3.63) is 52.1 Å². The zero-order valence-corrected chi connectivity index (χ0v) is 9.20. The van der Waals surface area contributed by atoms with Gasteiger partial charge >= 0.3 is 0 Å². The monoisotopic (exact) mass is 232 g/mol. The number of nitro groups is 1. The molecule has 17 heavy (non-hydrogen) atoms. The molecule has 0 unspecified atom stereocenters. The van der Waals surface area contributed by atoms with Crippen LogP contribution in [0, 0.1) is 10.1 Å². The summed E-state index contributed by atoms with van der Waals surface area (Å²) < 4.78 is 0. The molecule has 0 atom stereocenters. The lowest BCUT2D eigenvalue weighted by molar-refractivity contribution is -0.385. The van der Waals surface area contributed by atoms with Crippen LogP contribution in [0.4, 0.5) is 5.69 Å². The van der Waals surface area contributed by atoms with E-state index in [9.17, 15) is 14.9 Å². The average Bonchev–Trinajstić information content (AvgIpc) is 2.29. The molecule has 0 fully saturated rings. The molecule has 5 heteroatoms. The molecule has 1 aliphatic rings. The van der Waals surface area contributed by atoms with E-state index in [4.69, 9.17) is 0 Å². The fourth-order valence-electron chi connectivity index (χ4n) is 1.85. The lowest BCUT2D eigenvalue weighted by Crippen LogP contribution is -2.32. The van der Waals surface area contributed by atoms with Crippen molar-refractivity contribution in [3.63, 3.8) is 0 Å². The fraction of sp³-hybridized carbons (Fsp3) is 0.250. The summed E-state index contributed by atoms with van der Waals surface area (Å²) in [5.41, 5.74) is 0.745. The Balaban J connectivity index is 2.16. The molecule has 1 aliphatic heterocycles. The van der Waals surface area contributed by atoms with E-state index in [2.05, 4.69) is 0 Å². The summed E-state index contributed by atoms with van der Waals surface area (Å²) in [5.74, 6) is 0.0369. The van der Waals surface area contributed by atoms with Crippen molar-refractivity contribution in [1.29, 1.82) is 0 Å². The van der Waals surface area contributed by atoms with Gasteiger partial charge in [0.2, 0.25) is 0 Å². The van der Waals surface area contributed by atoms with Crippen molar-refractivity contribution in [3.8, 4) is 0 Å². The number of carbonyl (C=O) groups is 1. The SMILES string of the molecule is O=C1C=CCN(Cc2ccccc2[N+](=O)[O-])C1. The van der Waals surface area contributed by atoms with E-state index in [1.54, 1.807) is 30.4 Å². The van der Waals surface area contributed by atoms with Crippen molar-refractivity contribution in [1.82, 2.24) is 4.90 Å². The Morgan fingerprint density at radius 2 is 2.12 bits per heavy atom. The third-order valence-electron chi connectivity index (χ3n) is 2.63. The highest BCUT2D eigenvalue weighted by molar-refractivity contribution is 5.92. The second kappa shape index (κ2) is 4.88. The third-order valence-corrected chi connectivity index (χ3v) is 2.63. The van der Waals surface area contributed by atoms with Gasteiger partial charge in [0.15, 0.2) is 5.78 Å². The van der Waals surface area contributed by atoms with Gasteiger partial charge in [-0.25, -0.2) is 0 Å². The number of carbonyl (C=O) groups excluding carboxylic acids is 1. The maximum absolute atomic E-state index is 11.2. The number of ketones is 1. The van der Waals surface area contributed by atoms with Crippen LogP contribution in [0.15, 0.2) is 36.4 Å². The Morgan fingerprint density at radius 1 is 1.35 bits per heavy atom. The van der Waals surface area contributed by atoms with Crippen LogP contribution in [-0.4, -0.2) is 28.7 Å². The number of rotatable bonds is 3. The Morgan fingerprint density at radius 3 is 2.82 bits per heavy atom. The first-order valence-electron chi connectivity index (χ1n) is 5.31. The normalized spacial score (nSPS) is 16.1. The summed E-state index contributed by atoms with van der Waals surface area (Å²) in [4.78, 5) is 23.5. The zero-order valence-electron chi connectivity index (χ0n) is 9.20. The predicted octanol–water partition coefficient (Wildman–Crippen LogP) is 1.54. The molecule has 0 aliphatic carbocycles. The quantitative estimate of drug-likeness (QED) is 0.585. The second-order valence-electron chi connectivity index (χ2n) is 3.92. The molecule has 5 nitrogen and oxygen atoms in total. The van der Waals surface area contributed by atoms with Crippen molar-refractivity contribution in [2.24, 2.45) is 0 Å². The van der Waals surface area contributed by atoms with Crippen molar-refractivity contribution < 1.29 is 9.72 Å². The molecule has 1 aromatic carbocycles. The van der Waals surface area contributed by atoms with Crippen LogP contribution < -0.4 is 0 Å². The van der Waals surface area contributed by atoms with Gasteiger partial charge < -0.3 is 0 Å². The zero-order chi connectivity index (χ0) is 12.3. The molecule has 88 valence electrons. The van der Waals surface area contributed by atoms with E-state index in [0.29, 0.717) is 25.2 Å². The topological polar surface area (TPSA) is 63.5 Å². The second-order valence-corrected chi connectivity index (χ2v) is 3.92. The highest BCUT2D eigenvalue weighted by Crippen LogP contribution is 2.19. The number of benzene rings is 1. The minimum absolute atomic E-state index is 0.0369. The largest absolute Gasteiger partial charge is 0.293 e. The molecule has 0 aromatic heterocycles. The summed E-state index contributed by atoms with van der Waals surface area (Å²) in [7, 11) is 0. The van der Waals surface area contributed by atoms with Gasteiger partial charge in [0, 0.05) is 24.7 Å². The van der Waals surface area contributed by atoms with Crippen molar-refractivity contribution >= 4 is 11.5 Å². The number of hydrogen-bond acceptors (Lipinski definition) is 4. The van der Waals surface area contributed by atoms with E-state index in [1.165, 1.54) is 6.07 Å². The minimum Gasteiger partial charge on any atom is -0.293 e. The van der Waals surface area contributed by atoms with E-state index in [1.807, 2.05) is 4.90 Å². The van der Waals surface area contributed by atoms with Gasteiger partial charge in [0.05, 0.1) is 11.5 Å². The molecule has 0 saturated heterocycles. The average molecular weight is 232 g/mol. The fourth-order valence-corrected chi connectivity index (χ4v) is 1.85. The number of hydrogen-bond donors (Lipinski definition) is 0. The summed E-state index contributed by atoms with van der Waals surface area (Å²) in [6.07, 6.45) is 3.33. The number of nitro benzene ring substituents is 1. The van der Waals surface area contributed by atoms with Crippen LogP contribution in [0.1, 0.15) is 5.56 Å². The first-order chi connectivity index (χ1) is 8.16. The summed E-state index contributed by atoms with van der Waals surface area (Å²) in [5, 5.41) is 10.8. The third kappa shape index (κ3) is 2.76. The molecule has 0 amide bonds. The maximum atomic E-state index is 11.2.